The SMILES string of the molecule is CN(CC(=O)O)C1CCCN(Cc2cn(-c3ccc(F)c(Cl)c3)nn2)CC1. The standard InChI is InChI=1S/C18H23ClFN5O2/c1-23(12-18(26)27)14-3-2-7-24(8-6-14)10-13-11-25(22-21-13)15-4-5-17(20)16(19)9-15/h4-5,9,11,14H,2-3,6-8,10,12H2,1H3,(H,26,27). The van der Waals surface area contributed by atoms with Crippen LogP contribution in [-0.2, 0) is 11.3 Å². The van der Waals surface area contributed by atoms with Gasteiger partial charge in [-0.2, -0.15) is 0 Å². The molecule has 1 atom stereocenters. The molecule has 1 aromatic heterocycles. The number of rotatable bonds is 6. The highest BCUT2D eigenvalue weighted by atomic mass is 35.5. The Bertz CT molecular complexity index is 800. The maximum absolute atomic E-state index is 13.3. The van der Waals surface area contributed by atoms with Gasteiger partial charge in [-0.1, -0.05) is 16.8 Å². The van der Waals surface area contributed by atoms with Crippen molar-refractivity contribution < 1.29 is 14.3 Å². The zero-order chi connectivity index (χ0) is 19.4. The van der Waals surface area contributed by atoms with Gasteiger partial charge in [-0.25, -0.2) is 9.07 Å². The van der Waals surface area contributed by atoms with E-state index < -0.39 is 11.8 Å². The van der Waals surface area contributed by atoms with Crippen LogP contribution in [0.2, 0.25) is 5.02 Å². The zero-order valence-electron chi connectivity index (χ0n) is 15.2. The van der Waals surface area contributed by atoms with Crippen LogP contribution in [0.1, 0.15) is 25.0 Å². The van der Waals surface area contributed by atoms with Gasteiger partial charge in [0.1, 0.15) is 5.82 Å². The molecular weight excluding hydrogens is 373 g/mol. The Morgan fingerprint density at radius 1 is 1.41 bits per heavy atom. The first-order valence-corrected chi connectivity index (χ1v) is 9.31. The topological polar surface area (TPSA) is 74.5 Å². The summed E-state index contributed by atoms with van der Waals surface area (Å²) in [6.45, 7) is 2.56. The Morgan fingerprint density at radius 2 is 2.22 bits per heavy atom. The number of carboxylic acid groups (broad SMARTS) is 1. The fraction of sp³-hybridized carbons (Fsp3) is 0.500. The summed E-state index contributed by atoms with van der Waals surface area (Å²) in [5.74, 6) is -1.26. The number of aromatic nitrogens is 3. The molecule has 27 heavy (non-hydrogen) atoms. The Hall–Kier alpha value is -2.03. The van der Waals surface area contributed by atoms with Crippen LogP contribution in [0.25, 0.3) is 5.69 Å². The summed E-state index contributed by atoms with van der Waals surface area (Å²) in [4.78, 5) is 15.1. The van der Waals surface area contributed by atoms with Gasteiger partial charge in [-0.3, -0.25) is 14.6 Å². The van der Waals surface area contributed by atoms with Crippen LogP contribution in [0.15, 0.2) is 24.4 Å². The largest absolute Gasteiger partial charge is 0.480 e. The second-order valence-corrected chi connectivity index (χ2v) is 7.33. The lowest BCUT2D eigenvalue weighted by Crippen LogP contribution is -2.36. The molecule has 1 N–H and O–H groups in total. The van der Waals surface area contributed by atoms with E-state index in [-0.39, 0.29) is 17.6 Å². The van der Waals surface area contributed by atoms with Crippen molar-refractivity contribution in [3.05, 3.63) is 40.9 Å². The predicted molar refractivity (Wildman–Crippen MR) is 99.5 cm³/mol. The summed E-state index contributed by atoms with van der Waals surface area (Å²) in [5, 5.41) is 17.3. The minimum absolute atomic E-state index is 0.0496. The van der Waals surface area contributed by atoms with Gasteiger partial charge >= 0.3 is 5.97 Å². The van der Waals surface area contributed by atoms with Crippen molar-refractivity contribution in [1.82, 2.24) is 24.8 Å². The van der Waals surface area contributed by atoms with Gasteiger partial charge < -0.3 is 5.11 Å². The predicted octanol–water partition coefficient (Wildman–Crippen LogP) is 2.43. The third-order valence-corrected chi connectivity index (χ3v) is 5.18. The first-order chi connectivity index (χ1) is 12.9. The number of aliphatic carboxylic acids is 1. The first kappa shape index (κ1) is 19.7. The molecule has 1 unspecified atom stereocenters. The quantitative estimate of drug-likeness (QED) is 0.809. The number of nitrogens with zero attached hydrogens (tertiary/aromatic N) is 5. The number of carboxylic acids is 1. The third-order valence-electron chi connectivity index (χ3n) is 4.89. The Balaban J connectivity index is 1.59. The van der Waals surface area contributed by atoms with Crippen molar-refractivity contribution in [2.45, 2.75) is 31.8 Å². The van der Waals surface area contributed by atoms with Crippen LogP contribution in [0.3, 0.4) is 0 Å². The number of carbonyl (C=O) groups is 1. The molecule has 1 aliphatic heterocycles. The van der Waals surface area contributed by atoms with Crippen LogP contribution in [0.5, 0.6) is 0 Å². The molecule has 0 aliphatic carbocycles. The number of hydrogen-bond donors (Lipinski definition) is 1. The minimum atomic E-state index is -0.795. The summed E-state index contributed by atoms with van der Waals surface area (Å²) < 4.78 is 14.9. The molecule has 0 bridgehead atoms. The highest BCUT2D eigenvalue weighted by Crippen LogP contribution is 2.20. The molecule has 0 amide bonds. The maximum Gasteiger partial charge on any atom is 0.317 e. The summed E-state index contributed by atoms with van der Waals surface area (Å²) in [6, 6.07) is 4.71. The van der Waals surface area contributed by atoms with Gasteiger partial charge in [-0.05, 0) is 51.1 Å². The summed E-state index contributed by atoms with van der Waals surface area (Å²) >= 11 is 5.83. The molecule has 1 aromatic carbocycles. The molecule has 2 heterocycles. The molecule has 7 nitrogen and oxygen atoms in total. The lowest BCUT2D eigenvalue weighted by atomic mass is 10.1. The number of halogens is 2. The Labute approximate surface area is 162 Å². The van der Waals surface area contributed by atoms with E-state index in [0.717, 1.165) is 38.0 Å². The molecule has 3 rings (SSSR count). The fourth-order valence-electron chi connectivity index (χ4n) is 3.43. The van der Waals surface area contributed by atoms with Gasteiger partial charge in [0.25, 0.3) is 0 Å². The average Bonchev–Trinajstić information content (AvgIpc) is 2.94. The molecule has 1 saturated heterocycles. The number of benzene rings is 1. The average molecular weight is 396 g/mol. The van der Waals surface area contributed by atoms with E-state index in [2.05, 4.69) is 15.2 Å². The molecule has 0 saturated carbocycles. The van der Waals surface area contributed by atoms with E-state index in [0.29, 0.717) is 12.2 Å². The molecule has 0 spiro atoms. The normalized spacial score (nSPS) is 18.6. The van der Waals surface area contributed by atoms with Crippen molar-refractivity contribution in [2.24, 2.45) is 0 Å². The van der Waals surface area contributed by atoms with E-state index >= 15 is 0 Å². The number of likely N-dealkylation sites (tertiary alicyclic amines) is 1. The van der Waals surface area contributed by atoms with Crippen molar-refractivity contribution in [3.63, 3.8) is 0 Å². The van der Waals surface area contributed by atoms with Gasteiger partial charge in [-0.15, -0.1) is 5.10 Å². The van der Waals surface area contributed by atoms with Crippen molar-refractivity contribution in [3.8, 4) is 5.69 Å². The van der Waals surface area contributed by atoms with Crippen molar-refractivity contribution in [1.29, 1.82) is 0 Å². The Morgan fingerprint density at radius 3 is 2.96 bits per heavy atom. The highest BCUT2D eigenvalue weighted by molar-refractivity contribution is 6.30. The molecule has 0 radical (unpaired) electrons. The number of hydrogen-bond acceptors (Lipinski definition) is 5. The highest BCUT2D eigenvalue weighted by Gasteiger charge is 2.22. The van der Waals surface area contributed by atoms with Gasteiger partial charge in [0.2, 0.25) is 0 Å². The van der Waals surface area contributed by atoms with Crippen LogP contribution >= 0.6 is 11.6 Å². The summed E-state index contributed by atoms with van der Waals surface area (Å²) in [6.07, 6.45) is 4.74. The molecular formula is C18H23ClFN5O2. The zero-order valence-corrected chi connectivity index (χ0v) is 15.9. The lowest BCUT2D eigenvalue weighted by molar-refractivity contribution is -0.138. The second kappa shape index (κ2) is 8.77. The van der Waals surface area contributed by atoms with E-state index in [4.69, 9.17) is 16.7 Å². The van der Waals surface area contributed by atoms with E-state index in [1.54, 1.807) is 10.7 Å². The number of likely N-dealkylation sites (N-methyl/N-ethyl adjacent to an activating group) is 1. The van der Waals surface area contributed by atoms with Crippen LogP contribution in [-0.4, -0.2) is 68.6 Å². The first-order valence-electron chi connectivity index (χ1n) is 8.93. The molecule has 9 heteroatoms. The van der Waals surface area contributed by atoms with Crippen LogP contribution < -0.4 is 0 Å². The van der Waals surface area contributed by atoms with Gasteiger partial charge in [0, 0.05) is 19.1 Å². The third kappa shape index (κ3) is 5.24. The fourth-order valence-corrected chi connectivity index (χ4v) is 3.61. The van der Waals surface area contributed by atoms with Crippen LogP contribution in [0.4, 0.5) is 4.39 Å². The monoisotopic (exact) mass is 395 g/mol. The van der Waals surface area contributed by atoms with E-state index in [1.165, 1.54) is 12.1 Å². The maximum atomic E-state index is 13.3. The Kier molecular flexibility index (Phi) is 6.41. The summed E-state index contributed by atoms with van der Waals surface area (Å²) in [5.41, 5.74) is 1.49. The molecule has 1 fully saturated rings. The van der Waals surface area contributed by atoms with Gasteiger partial charge in [0.15, 0.2) is 0 Å². The summed E-state index contributed by atoms with van der Waals surface area (Å²) in [7, 11) is 1.87. The molecule has 2 aromatic rings. The van der Waals surface area contributed by atoms with Crippen molar-refractivity contribution in [2.75, 3.05) is 26.7 Å². The smallest absolute Gasteiger partial charge is 0.317 e. The lowest BCUT2D eigenvalue weighted by Gasteiger charge is -2.25. The minimum Gasteiger partial charge on any atom is -0.480 e. The van der Waals surface area contributed by atoms with Crippen molar-refractivity contribution >= 4 is 17.6 Å². The second-order valence-electron chi connectivity index (χ2n) is 6.92. The van der Waals surface area contributed by atoms with Gasteiger partial charge in [0.05, 0.1) is 29.1 Å². The molecule has 146 valence electrons. The van der Waals surface area contributed by atoms with Crippen LogP contribution in [0, 0.1) is 5.82 Å². The molecule has 1 aliphatic rings. The van der Waals surface area contributed by atoms with E-state index in [9.17, 15) is 9.18 Å². The van der Waals surface area contributed by atoms with E-state index in [1.807, 2.05) is 18.1 Å².